The third-order valence-electron chi connectivity index (χ3n) is 3.38. The summed E-state index contributed by atoms with van der Waals surface area (Å²) in [5, 5.41) is 23.6. The summed E-state index contributed by atoms with van der Waals surface area (Å²) < 4.78 is 0.694. The second-order valence-electron chi connectivity index (χ2n) is 5.27. The highest BCUT2D eigenvalue weighted by molar-refractivity contribution is 8.02. The number of anilines is 3. The summed E-state index contributed by atoms with van der Waals surface area (Å²) >= 11 is 2.71. The molecule has 26 heavy (non-hydrogen) atoms. The molecular formula is C18H15N5OS2. The van der Waals surface area contributed by atoms with Gasteiger partial charge in [0.15, 0.2) is 4.34 Å². The molecule has 6 nitrogen and oxygen atoms in total. The molecular weight excluding hydrogens is 366 g/mol. The minimum absolute atomic E-state index is 0.189. The number of amides is 1. The first kappa shape index (κ1) is 17.9. The summed E-state index contributed by atoms with van der Waals surface area (Å²) in [7, 11) is 0. The van der Waals surface area contributed by atoms with Gasteiger partial charge in [-0.25, -0.2) is 0 Å². The van der Waals surface area contributed by atoms with Crippen molar-refractivity contribution in [2.45, 2.75) is 16.5 Å². The normalized spacial score (nSPS) is 11.4. The van der Waals surface area contributed by atoms with E-state index in [4.69, 9.17) is 5.26 Å². The first-order chi connectivity index (χ1) is 12.7. The van der Waals surface area contributed by atoms with Gasteiger partial charge in [0, 0.05) is 5.69 Å². The Morgan fingerprint density at radius 2 is 1.88 bits per heavy atom. The van der Waals surface area contributed by atoms with E-state index in [1.54, 1.807) is 31.2 Å². The predicted molar refractivity (Wildman–Crippen MR) is 105 cm³/mol. The predicted octanol–water partition coefficient (Wildman–Crippen LogP) is 4.27. The molecule has 0 bridgehead atoms. The van der Waals surface area contributed by atoms with Gasteiger partial charge in [-0.15, -0.1) is 10.2 Å². The smallest absolute Gasteiger partial charge is 0.237 e. The zero-order valence-electron chi connectivity index (χ0n) is 13.8. The van der Waals surface area contributed by atoms with Gasteiger partial charge in [0.1, 0.15) is 6.07 Å². The maximum atomic E-state index is 12.4. The van der Waals surface area contributed by atoms with Crippen molar-refractivity contribution in [1.82, 2.24) is 10.2 Å². The number of nitriles is 1. The molecule has 0 spiro atoms. The highest BCUT2D eigenvalue weighted by Crippen LogP contribution is 2.31. The van der Waals surface area contributed by atoms with Gasteiger partial charge in [-0.05, 0) is 31.2 Å². The van der Waals surface area contributed by atoms with Gasteiger partial charge in [0.05, 0.1) is 16.5 Å². The van der Waals surface area contributed by atoms with Crippen LogP contribution >= 0.6 is 23.1 Å². The van der Waals surface area contributed by atoms with E-state index in [-0.39, 0.29) is 11.2 Å². The topological polar surface area (TPSA) is 90.7 Å². The molecule has 0 radical (unpaired) electrons. The van der Waals surface area contributed by atoms with Crippen LogP contribution in [0.4, 0.5) is 16.5 Å². The van der Waals surface area contributed by atoms with Gasteiger partial charge in [-0.2, -0.15) is 5.26 Å². The summed E-state index contributed by atoms with van der Waals surface area (Å²) in [4.78, 5) is 12.4. The number of hydrogen-bond donors (Lipinski definition) is 2. The first-order valence-corrected chi connectivity index (χ1v) is 9.47. The summed E-state index contributed by atoms with van der Waals surface area (Å²) in [6, 6.07) is 18.7. The Labute approximate surface area is 159 Å². The maximum Gasteiger partial charge on any atom is 0.237 e. The van der Waals surface area contributed by atoms with E-state index in [1.165, 1.54) is 23.1 Å². The van der Waals surface area contributed by atoms with Crippen LogP contribution < -0.4 is 10.6 Å². The number of carbonyl (C=O) groups excluding carboxylic acids is 1. The molecule has 1 amide bonds. The quantitative estimate of drug-likeness (QED) is 0.620. The molecule has 3 aromatic rings. The lowest BCUT2D eigenvalue weighted by molar-refractivity contribution is -0.115. The van der Waals surface area contributed by atoms with Gasteiger partial charge in [-0.1, -0.05) is 53.4 Å². The zero-order chi connectivity index (χ0) is 18.4. The average molecular weight is 381 g/mol. The van der Waals surface area contributed by atoms with Crippen LogP contribution in [-0.4, -0.2) is 21.4 Å². The van der Waals surface area contributed by atoms with Crippen LogP contribution in [0.5, 0.6) is 0 Å². The lowest BCUT2D eigenvalue weighted by Gasteiger charge is -2.11. The Bertz CT molecular complexity index is 936. The largest absolute Gasteiger partial charge is 0.330 e. The number of benzene rings is 2. The van der Waals surface area contributed by atoms with Gasteiger partial charge in [-0.3, -0.25) is 4.79 Å². The van der Waals surface area contributed by atoms with E-state index in [9.17, 15) is 4.79 Å². The van der Waals surface area contributed by atoms with Crippen LogP contribution in [-0.2, 0) is 4.79 Å². The molecule has 0 saturated heterocycles. The zero-order valence-corrected chi connectivity index (χ0v) is 15.5. The van der Waals surface area contributed by atoms with Gasteiger partial charge in [0.25, 0.3) is 0 Å². The van der Waals surface area contributed by atoms with E-state index in [0.29, 0.717) is 20.7 Å². The van der Waals surface area contributed by atoms with E-state index < -0.39 is 0 Å². The van der Waals surface area contributed by atoms with E-state index >= 15 is 0 Å². The van der Waals surface area contributed by atoms with Crippen molar-refractivity contribution >= 4 is 45.5 Å². The molecule has 1 atom stereocenters. The fourth-order valence-electron chi connectivity index (χ4n) is 2.08. The molecule has 0 aliphatic heterocycles. The lowest BCUT2D eigenvalue weighted by Crippen LogP contribution is -2.22. The fraction of sp³-hybridized carbons (Fsp3) is 0.111. The first-order valence-electron chi connectivity index (χ1n) is 7.78. The standard InChI is InChI=1S/C18H15N5OS2/c1-12(16(24)21-15-10-6-5-7-13(15)11-19)25-18-23-22-17(26-18)20-14-8-3-2-4-9-14/h2-10,12H,1H3,(H,20,22)(H,21,24). The average Bonchev–Trinajstić information content (AvgIpc) is 3.09. The van der Waals surface area contributed by atoms with E-state index in [2.05, 4.69) is 26.9 Å². The number of hydrogen-bond acceptors (Lipinski definition) is 7. The van der Waals surface area contributed by atoms with E-state index in [0.717, 1.165) is 5.69 Å². The van der Waals surface area contributed by atoms with Gasteiger partial charge < -0.3 is 10.6 Å². The Kier molecular flexibility index (Phi) is 5.84. The highest BCUT2D eigenvalue weighted by Gasteiger charge is 2.18. The minimum Gasteiger partial charge on any atom is -0.330 e. The number of nitrogens with one attached hydrogen (secondary N) is 2. The summed E-state index contributed by atoms with van der Waals surface area (Å²) in [5.41, 5.74) is 1.87. The van der Waals surface area contributed by atoms with Crippen LogP contribution in [0, 0.1) is 11.3 Å². The fourth-order valence-corrected chi connectivity index (χ4v) is 4.00. The van der Waals surface area contributed by atoms with Crippen molar-refractivity contribution in [1.29, 1.82) is 5.26 Å². The van der Waals surface area contributed by atoms with E-state index in [1.807, 2.05) is 30.3 Å². The highest BCUT2D eigenvalue weighted by atomic mass is 32.2. The number of carbonyl (C=O) groups is 1. The molecule has 8 heteroatoms. The van der Waals surface area contributed by atoms with Crippen molar-refractivity contribution in [3.05, 3.63) is 60.2 Å². The van der Waals surface area contributed by atoms with Crippen molar-refractivity contribution in [3.63, 3.8) is 0 Å². The van der Waals surface area contributed by atoms with Crippen LogP contribution in [0.25, 0.3) is 0 Å². The van der Waals surface area contributed by atoms with Crippen molar-refractivity contribution < 1.29 is 4.79 Å². The SMILES string of the molecule is CC(Sc1nnc(Nc2ccccc2)s1)C(=O)Nc1ccccc1C#N. The maximum absolute atomic E-state index is 12.4. The molecule has 1 aromatic heterocycles. The number of para-hydroxylation sites is 2. The van der Waals surface area contributed by atoms with Crippen LogP contribution in [0.2, 0.25) is 0 Å². The molecule has 3 rings (SSSR count). The van der Waals surface area contributed by atoms with Crippen LogP contribution in [0.1, 0.15) is 12.5 Å². The second kappa shape index (κ2) is 8.47. The molecule has 130 valence electrons. The molecule has 0 fully saturated rings. The Balaban J connectivity index is 1.60. The Morgan fingerprint density at radius 3 is 2.65 bits per heavy atom. The second-order valence-corrected chi connectivity index (χ2v) is 7.84. The molecule has 0 aliphatic rings. The molecule has 1 unspecified atom stereocenters. The van der Waals surface area contributed by atoms with Crippen molar-refractivity contribution in [2.24, 2.45) is 0 Å². The monoisotopic (exact) mass is 381 g/mol. The van der Waals surface area contributed by atoms with Crippen molar-refractivity contribution in [2.75, 3.05) is 10.6 Å². The number of thioether (sulfide) groups is 1. The summed E-state index contributed by atoms with van der Waals surface area (Å²) in [6.45, 7) is 1.79. The Morgan fingerprint density at radius 1 is 1.15 bits per heavy atom. The number of rotatable bonds is 6. The third-order valence-corrected chi connectivity index (χ3v) is 5.41. The molecule has 2 aromatic carbocycles. The van der Waals surface area contributed by atoms with Gasteiger partial charge in [0.2, 0.25) is 11.0 Å². The third kappa shape index (κ3) is 4.59. The minimum atomic E-state index is -0.376. The number of nitrogens with zero attached hydrogens (tertiary/aromatic N) is 3. The Hall–Kier alpha value is -2.89. The summed E-state index contributed by atoms with van der Waals surface area (Å²) in [6.07, 6.45) is 0. The molecule has 0 aliphatic carbocycles. The molecule has 0 saturated carbocycles. The van der Waals surface area contributed by atoms with Gasteiger partial charge >= 0.3 is 0 Å². The lowest BCUT2D eigenvalue weighted by atomic mass is 10.2. The molecule has 1 heterocycles. The van der Waals surface area contributed by atoms with Crippen molar-refractivity contribution in [3.8, 4) is 6.07 Å². The van der Waals surface area contributed by atoms with Crippen LogP contribution in [0.15, 0.2) is 58.9 Å². The summed E-state index contributed by atoms with van der Waals surface area (Å²) in [5.74, 6) is -0.189. The molecule has 2 N–H and O–H groups in total. The van der Waals surface area contributed by atoms with Crippen LogP contribution in [0.3, 0.4) is 0 Å². The number of aromatic nitrogens is 2.